The zero-order valence-corrected chi connectivity index (χ0v) is 20.2. The molecule has 0 unspecified atom stereocenters. The van der Waals surface area contributed by atoms with Crippen molar-refractivity contribution >= 4 is 11.4 Å². The molecule has 2 aliphatic carbocycles. The number of rotatable bonds is 8. The van der Waals surface area contributed by atoms with Crippen LogP contribution in [0.15, 0.2) is 48.5 Å². The van der Waals surface area contributed by atoms with E-state index < -0.39 is 0 Å². The van der Waals surface area contributed by atoms with E-state index in [0.717, 1.165) is 29.1 Å². The first kappa shape index (κ1) is 23.2. The summed E-state index contributed by atoms with van der Waals surface area (Å²) >= 11 is 0. The lowest BCUT2D eigenvalue weighted by molar-refractivity contribution is 0.140. The summed E-state index contributed by atoms with van der Waals surface area (Å²) in [4.78, 5) is 0. The molecular weight excluding hydrogens is 388 g/mol. The van der Waals surface area contributed by atoms with E-state index in [-0.39, 0.29) is 5.41 Å². The molecule has 0 bridgehead atoms. The minimum absolute atomic E-state index is 0.106. The summed E-state index contributed by atoms with van der Waals surface area (Å²) in [7, 11) is 0. The van der Waals surface area contributed by atoms with Crippen LogP contribution in [0.25, 0.3) is 0 Å². The van der Waals surface area contributed by atoms with E-state index >= 15 is 0 Å². The van der Waals surface area contributed by atoms with Crippen LogP contribution in [-0.2, 0) is 5.41 Å². The van der Waals surface area contributed by atoms with Gasteiger partial charge >= 0.3 is 0 Å². The van der Waals surface area contributed by atoms with Crippen molar-refractivity contribution in [2.45, 2.75) is 95.8 Å². The van der Waals surface area contributed by atoms with Crippen LogP contribution in [0.5, 0.6) is 0 Å². The first-order chi connectivity index (χ1) is 15.6. The lowest BCUT2D eigenvalue weighted by Crippen LogP contribution is -2.36. The minimum Gasteiger partial charge on any atom is -0.399 e. The molecule has 2 fully saturated rings. The molecule has 0 spiro atoms. The normalized spacial score (nSPS) is 23.8. The Labute approximate surface area is 196 Å². The van der Waals surface area contributed by atoms with Crippen molar-refractivity contribution in [2.75, 3.05) is 11.5 Å². The van der Waals surface area contributed by atoms with Gasteiger partial charge in [0.2, 0.25) is 0 Å². The van der Waals surface area contributed by atoms with Gasteiger partial charge < -0.3 is 11.5 Å². The molecule has 0 radical (unpaired) electrons. The van der Waals surface area contributed by atoms with Gasteiger partial charge in [-0.2, -0.15) is 0 Å². The molecule has 2 aromatic rings. The number of nitrogen functional groups attached to an aromatic ring is 2. The van der Waals surface area contributed by atoms with E-state index in [1.54, 1.807) is 0 Å². The van der Waals surface area contributed by atoms with Gasteiger partial charge in [0.15, 0.2) is 0 Å². The van der Waals surface area contributed by atoms with Gasteiger partial charge in [-0.15, -0.1) is 0 Å². The fourth-order valence-corrected chi connectivity index (χ4v) is 6.76. The Morgan fingerprint density at radius 2 is 1.16 bits per heavy atom. The predicted molar refractivity (Wildman–Crippen MR) is 139 cm³/mol. The lowest BCUT2D eigenvalue weighted by Gasteiger charge is -2.44. The second kappa shape index (κ2) is 10.8. The van der Waals surface area contributed by atoms with Gasteiger partial charge in [0.05, 0.1) is 0 Å². The van der Waals surface area contributed by atoms with Gasteiger partial charge in [-0.05, 0) is 91.7 Å². The molecule has 0 atom stereocenters. The lowest BCUT2D eigenvalue weighted by atomic mass is 9.60. The monoisotopic (exact) mass is 432 g/mol. The van der Waals surface area contributed by atoms with Crippen LogP contribution in [0.2, 0.25) is 0 Å². The van der Waals surface area contributed by atoms with Gasteiger partial charge in [0.1, 0.15) is 0 Å². The maximum atomic E-state index is 6.02. The average molecular weight is 433 g/mol. The van der Waals surface area contributed by atoms with Crippen molar-refractivity contribution in [2.24, 2.45) is 17.8 Å². The van der Waals surface area contributed by atoms with E-state index in [1.807, 2.05) is 0 Å². The SMILES string of the molecule is CCCCCCC1CCC(C2CCC(c3ccc(N)cc3)(c3ccc(N)cc3)CC2)CC1. The highest BCUT2D eigenvalue weighted by molar-refractivity contribution is 5.49. The Kier molecular flexibility index (Phi) is 7.81. The molecule has 2 nitrogen and oxygen atoms in total. The molecule has 4 N–H and O–H groups in total. The van der Waals surface area contributed by atoms with Crippen LogP contribution in [0.1, 0.15) is 102 Å². The Morgan fingerprint density at radius 1 is 0.656 bits per heavy atom. The minimum atomic E-state index is 0.106. The van der Waals surface area contributed by atoms with Crippen LogP contribution in [-0.4, -0.2) is 0 Å². The number of hydrogen-bond acceptors (Lipinski definition) is 2. The smallest absolute Gasteiger partial charge is 0.0314 e. The molecule has 2 heteroatoms. The maximum absolute atomic E-state index is 6.02. The van der Waals surface area contributed by atoms with Gasteiger partial charge in [-0.25, -0.2) is 0 Å². The van der Waals surface area contributed by atoms with Crippen LogP contribution in [0, 0.1) is 17.8 Å². The predicted octanol–water partition coefficient (Wildman–Crippen LogP) is 8.10. The third-order valence-electron chi connectivity index (χ3n) is 8.83. The second-order valence-corrected chi connectivity index (χ2v) is 10.8. The summed E-state index contributed by atoms with van der Waals surface area (Å²) in [6, 6.07) is 17.3. The molecule has 2 aliphatic rings. The molecule has 2 aromatic carbocycles. The zero-order valence-electron chi connectivity index (χ0n) is 20.2. The Morgan fingerprint density at radius 3 is 1.66 bits per heavy atom. The molecule has 0 amide bonds. The quantitative estimate of drug-likeness (QED) is 0.327. The Hall–Kier alpha value is -1.96. The molecule has 0 heterocycles. The molecule has 174 valence electrons. The van der Waals surface area contributed by atoms with Crippen molar-refractivity contribution in [3.63, 3.8) is 0 Å². The van der Waals surface area contributed by atoms with E-state index in [0.29, 0.717) is 0 Å². The van der Waals surface area contributed by atoms with Crippen LogP contribution in [0.4, 0.5) is 11.4 Å². The summed E-state index contributed by atoms with van der Waals surface area (Å²) in [5.74, 6) is 2.87. The van der Waals surface area contributed by atoms with E-state index in [4.69, 9.17) is 11.5 Å². The summed E-state index contributed by atoms with van der Waals surface area (Å²) < 4.78 is 0. The fourth-order valence-electron chi connectivity index (χ4n) is 6.76. The highest BCUT2D eigenvalue weighted by Gasteiger charge is 2.40. The summed E-state index contributed by atoms with van der Waals surface area (Å²) in [5, 5.41) is 0. The molecule has 0 aliphatic heterocycles. The van der Waals surface area contributed by atoms with Crippen LogP contribution in [0.3, 0.4) is 0 Å². The summed E-state index contributed by atoms with van der Waals surface area (Å²) in [6.45, 7) is 2.31. The van der Waals surface area contributed by atoms with Gasteiger partial charge in [0, 0.05) is 16.8 Å². The molecule has 4 rings (SSSR count). The highest BCUT2D eigenvalue weighted by atomic mass is 14.6. The zero-order chi connectivity index (χ0) is 22.4. The van der Waals surface area contributed by atoms with E-state index in [2.05, 4.69) is 55.5 Å². The van der Waals surface area contributed by atoms with Crippen molar-refractivity contribution < 1.29 is 0 Å². The molecular formula is C30H44N2. The number of nitrogens with two attached hydrogens (primary N) is 2. The number of hydrogen-bond donors (Lipinski definition) is 2. The Bertz CT molecular complexity index is 759. The van der Waals surface area contributed by atoms with E-state index in [1.165, 1.54) is 94.6 Å². The summed E-state index contributed by atoms with van der Waals surface area (Å²) in [6.07, 6.45) is 18.2. The van der Waals surface area contributed by atoms with Gasteiger partial charge in [-0.3, -0.25) is 0 Å². The number of unbranched alkanes of at least 4 members (excludes halogenated alkanes) is 3. The van der Waals surface area contributed by atoms with Crippen molar-refractivity contribution in [3.05, 3.63) is 59.7 Å². The average Bonchev–Trinajstić information content (AvgIpc) is 2.83. The largest absolute Gasteiger partial charge is 0.399 e. The summed E-state index contributed by atoms with van der Waals surface area (Å²) in [5.41, 5.74) is 16.7. The molecule has 0 saturated heterocycles. The molecule has 2 saturated carbocycles. The highest BCUT2D eigenvalue weighted by Crippen LogP contribution is 2.50. The number of anilines is 2. The standard InChI is InChI=1S/C30H44N2/c1-2-3-4-5-6-23-7-9-24(10-8-23)25-19-21-30(22-20-25,26-11-15-28(31)16-12-26)27-13-17-29(32)18-14-27/h11-18,23-25H,2-10,19-22,31-32H2,1H3. The topological polar surface area (TPSA) is 52.0 Å². The first-order valence-corrected chi connectivity index (χ1v) is 13.3. The van der Waals surface area contributed by atoms with Gasteiger partial charge in [-0.1, -0.05) is 76.1 Å². The first-order valence-electron chi connectivity index (χ1n) is 13.3. The third-order valence-corrected chi connectivity index (χ3v) is 8.83. The fraction of sp³-hybridized carbons (Fsp3) is 0.600. The third kappa shape index (κ3) is 5.33. The van der Waals surface area contributed by atoms with Crippen molar-refractivity contribution in [1.29, 1.82) is 0 Å². The Balaban J connectivity index is 1.39. The van der Waals surface area contributed by atoms with Crippen molar-refractivity contribution in [1.82, 2.24) is 0 Å². The molecule has 32 heavy (non-hydrogen) atoms. The van der Waals surface area contributed by atoms with Crippen molar-refractivity contribution in [3.8, 4) is 0 Å². The van der Waals surface area contributed by atoms with Crippen LogP contribution >= 0.6 is 0 Å². The second-order valence-electron chi connectivity index (χ2n) is 10.8. The number of benzene rings is 2. The molecule has 0 aromatic heterocycles. The van der Waals surface area contributed by atoms with Crippen LogP contribution < -0.4 is 11.5 Å². The van der Waals surface area contributed by atoms with Gasteiger partial charge in [0.25, 0.3) is 0 Å². The maximum Gasteiger partial charge on any atom is 0.0314 e. The van der Waals surface area contributed by atoms with E-state index in [9.17, 15) is 0 Å².